The van der Waals surface area contributed by atoms with Crippen molar-refractivity contribution in [3.63, 3.8) is 0 Å². The summed E-state index contributed by atoms with van der Waals surface area (Å²) in [7, 11) is 0. The van der Waals surface area contributed by atoms with Crippen LogP contribution in [0.2, 0.25) is 0 Å². The summed E-state index contributed by atoms with van der Waals surface area (Å²) in [4.78, 5) is 4.49. The average molecular weight is 835 g/mol. The van der Waals surface area contributed by atoms with Gasteiger partial charge in [0.25, 0.3) is 0 Å². The SMILES string of the molecule is C=C/C=C(\C=C(/C)c1c2ccccc2c(-c2cccc(-c3ccc(N(/C(C=C)=C/C=C)c4ccccc4)cc3)c2)c2ccccc12)c1ccc(N(c2ccccc2)c2ccccc2)cc1. The van der Waals surface area contributed by atoms with E-state index in [4.69, 9.17) is 0 Å². The third-order valence-corrected chi connectivity index (χ3v) is 11.9. The number of nitrogens with zero attached hydrogens (tertiary/aromatic N) is 2. The number of benzene rings is 9. The zero-order valence-electron chi connectivity index (χ0n) is 36.7. The lowest BCUT2D eigenvalue weighted by Gasteiger charge is -2.26. The fourth-order valence-corrected chi connectivity index (χ4v) is 8.96. The Kier molecular flexibility index (Phi) is 12.4. The van der Waals surface area contributed by atoms with Crippen LogP contribution in [0.4, 0.5) is 28.4 Å². The van der Waals surface area contributed by atoms with E-state index < -0.39 is 0 Å². The Morgan fingerprint density at radius 1 is 0.415 bits per heavy atom. The molecule has 0 bridgehead atoms. The van der Waals surface area contributed by atoms with Crippen LogP contribution in [0, 0.1) is 0 Å². The first-order valence-corrected chi connectivity index (χ1v) is 22.0. The lowest BCUT2D eigenvalue weighted by Crippen LogP contribution is -2.14. The van der Waals surface area contributed by atoms with Gasteiger partial charge >= 0.3 is 0 Å². The van der Waals surface area contributed by atoms with Crippen LogP contribution in [0.1, 0.15) is 18.1 Å². The number of hydrogen-bond acceptors (Lipinski definition) is 2. The highest BCUT2D eigenvalue weighted by Gasteiger charge is 2.18. The van der Waals surface area contributed by atoms with Crippen molar-refractivity contribution in [1.29, 1.82) is 0 Å². The van der Waals surface area contributed by atoms with Gasteiger partial charge in [0.2, 0.25) is 0 Å². The van der Waals surface area contributed by atoms with Gasteiger partial charge < -0.3 is 9.80 Å². The molecule has 2 heteroatoms. The number of para-hydroxylation sites is 3. The molecule has 0 aliphatic heterocycles. The third-order valence-electron chi connectivity index (χ3n) is 11.9. The molecule has 0 aliphatic rings. The molecule has 9 aromatic carbocycles. The van der Waals surface area contributed by atoms with Crippen molar-refractivity contribution < 1.29 is 0 Å². The first-order valence-electron chi connectivity index (χ1n) is 22.0. The summed E-state index contributed by atoms with van der Waals surface area (Å²) >= 11 is 0. The van der Waals surface area contributed by atoms with Crippen molar-refractivity contribution in [3.8, 4) is 22.3 Å². The predicted octanol–water partition coefficient (Wildman–Crippen LogP) is 17.9. The topological polar surface area (TPSA) is 6.48 Å². The maximum atomic E-state index is 4.12. The molecule has 0 radical (unpaired) electrons. The predicted molar refractivity (Wildman–Crippen MR) is 282 cm³/mol. The van der Waals surface area contributed by atoms with Crippen molar-refractivity contribution >= 4 is 61.1 Å². The van der Waals surface area contributed by atoms with Crippen molar-refractivity contribution in [2.45, 2.75) is 6.92 Å². The Morgan fingerprint density at radius 3 is 1.42 bits per heavy atom. The van der Waals surface area contributed by atoms with Crippen LogP contribution in [0.25, 0.3) is 54.9 Å². The molecule has 0 heterocycles. The van der Waals surface area contributed by atoms with Crippen LogP contribution in [-0.2, 0) is 0 Å². The van der Waals surface area contributed by atoms with E-state index in [0.29, 0.717) is 0 Å². The normalized spacial score (nSPS) is 11.9. The summed E-state index contributed by atoms with van der Waals surface area (Å²) in [6.45, 7) is 14.4. The molecule has 0 N–H and O–H groups in total. The molecule has 0 aromatic heterocycles. The van der Waals surface area contributed by atoms with E-state index in [1.165, 1.54) is 43.8 Å². The minimum Gasteiger partial charge on any atom is -0.311 e. The van der Waals surface area contributed by atoms with Gasteiger partial charge in [0.05, 0.1) is 0 Å². The maximum Gasteiger partial charge on any atom is 0.0462 e. The Balaban J connectivity index is 1.09. The van der Waals surface area contributed by atoms with Gasteiger partial charge in [0.15, 0.2) is 0 Å². The standard InChI is InChI=1S/C63H50N2/c1-5-22-49(47-36-42-57(43-37-47)65(54-28-13-9-14-29-54)55-30-15-10-16-31-55)44-46(4)62-58-32-17-19-34-60(58)63(61-35-20-18-33-59(61)62)51-25-21-24-50(45-51)48-38-40-56(41-39-48)64(52(7-3)23-6-2)53-26-11-8-12-27-53/h5-45H,1-3H2,4H3/b46-44+,49-22+,52-23+. The van der Waals surface area contributed by atoms with E-state index >= 15 is 0 Å². The molecule has 0 aliphatic carbocycles. The summed E-state index contributed by atoms with van der Waals surface area (Å²) in [5.41, 5.74) is 15.7. The largest absolute Gasteiger partial charge is 0.311 e. The number of allylic oxidation sites excluding steroid dienone is 8. The lowest BCUT2D eigenvalue weighted by atomic mass is 9.85. The lowest BCUT2D eigenvalue weighted by molar-refractivity contribution is 1.21. The second-order valence-electron chi connectivity index (χ2n) is 15.9. The molecule has 312 valence electrons. The molecule has 0 fully saturated rings. The first-order chi connectivity index (χ1) is 32.1. The number of hydrogen-bond donors (Lipinski definition) is 0. The van der Waals surface area contributed by atoms with Crippen molar-refractivity contribution in [2.24, 2.45) is 0 Å². The summed E-state index contributed by atoms with van der Waals surface area (Å²) in [5, 5.41) is 4.86. The molecule has 9 aromatic rings. The Morgan fingerprint density at radius 2 is 0.877 bits per heavy atom. The molecule has 0 saturated carbocycles. The van der Waals surface area contributed by atoms with E-state index in [9.17, 15) is 0 Å². The van der Waals surface area contributed by atoms with E-state index in [-0.39, 0.29) is 0 Å². The molecule has 0 atom stereocenters. The van der Waals surface area contributed by atoms with Gasteiger partial charge in [-0.15, -0.1) is 0 Å². The molecule has 0 amide bonds. The van der Waals surface area contributed by atoms with Crippen molar-refractivity contribution in [3.05, 3.63) is 285 Å². The Bertz CT molecular complexity index is 3130. The highest BCUT2D eigenvalue weighted by molar-refractivity contribution is 6.19. The Labute approximate surface area is 383 Å². The smallest absolute Gasteiger partial charge is 0.0462 e. The number of anilines is 5. The molecule has 9 rings (SSSR count). The number of fused-ring (bicyclic) bond motifs is 2. The van der Waals surface area contributed by atoms with E-state index in [1.807, 2.05) is 24.3 Å². The van der Waals surface area contributed by atoms with Crippen LogP contribution in [0.3, 0.4) is 0 Å². The Hall–Kier alpha value is -8.46. The quantitative estimate of drug-likeness (QED) is 0.0795. The van der Waals surface area contributed by atoms with Gasteiger partial charge in [0.1, 0.15) is 0 Å². The molecule has 0 unspecified atom stereocenters. The van der Waals surface area contributed by atoms with Crippen LogP contribution in [-0.4, -0.2) is 0 Å². The van der Waals surface area contributed by atoms with Gasteiger partial charge in [-0.2, -0.15) is 0 Å². The zero-order chi connectivity index (χ0) is 44.5. The molecule has 0 saturated heterocycles. The summed E-state index contributed by atoms with van der Waals surface area (Å²) < 4.78 is 0. The average Bonchev–Trinajstić information content (AvgIpc) is 3.36. The summed E-state index contributed by atoms with van der Waals surface area (Å²) in [6, 6.07) is 75.6. The highest BCUT2D eigenvalue weighted by Crippen LogP contribution is 2.44. The molecular formula is C63H50N2. The minimum atomic E-state index is 0.949. The van der Waals surface area contributed by atoms with Gasteiger partial charge in [-0.05, 0) is 152 Å². The van der Waals surface area contributed by atoms with Crippen LogP contribution < -0.4 is 9.80 Å². The van der Waals surface area contributed by atoms with Gasteiger partial charge in [-0.25, -0.2) is 0 Å². The van der Waals surface area contributed by atoms with Crippen molar-refractivity contribution in [2.75, 3.05) is 9.80 Å². The third kappa shape index (κ3) is 8.67. The van der Waals surface area contributed by atoms with E-state index in [1.54, 1.807) is 6.08 Å². The summed E-state index contributed by atoms with van der Waals surface area (Å²) in [5.74, 6) is 0. The molecule has 0 spiro atoms. The van der Waals surface area contributed by atoms with Crippen LogP contribution in [0.5, 0.6) is 0 Å². The highest BCUT2D eigenvalue weighted by atomic mass is 15.1. The minimum absolute atomic E-state index is 0.949. The zero-order valence-corrected chi connectivity index (χ0v) is 36.7. The van der Waals surface area contributed by atoms with Gasteiger partial charge in [-0.3, -0.25) is 0 Å². The number of rotatable bonds is 14. The van der Waals surface area contributed by atoms with Crippen molar-refractivity contribution in [1.82, 2.24) is 0 Å². The second-order valence-corrected chi connectivity index (χ2v) is 15.9. The molecule has 2 nitrogen and oxygen atoms in total. The first kappa shape index (κ1) is 41.9. The fourth-order valence-electron chi connectivity index (χ4n) is 8.96. The fraction of sp³-hybridized carbons (Fsp3) is 0.0159. The summed E-state index contributed by atoms with van der Waals surface area (Å²) in [6.07, 6.45) is 11.9. The van der Waals surface area contributed by atoms with Crippen LogP contribution in [0.15, 0.2) is 274 Å². The monoisotopic (exact) mass is 834 g/mol. The molecular weight excluding hydrogens is 785 g/mol. The van der Waals surface area contributed by atoms with E-state index in [0.717, 1.165) is 56.4 Å². The van der Waals surface area contributed by atoms with Gasteiger partial charge in [-0.1, -0.05) is 190 Å². The maximum absolute atomic E-state index is 4.12. The molecule has 65 heavy (non-hydrogen) atoms. The van der Waals surface area contributed by atoms with E-state index in [2.05, 4.69) is 255 Å². The van der Waals surface area contributed by atoms with Gasteiger partial charge in [0, 0.05) is 34.1 Å². The van der Waals surface area contributed by atoms with Crippen LogP contribution >= 0.6 is 0 Å². The second kappa shape index (κ2) is 19.3.